The SMILES string of the molecule is c1cnc2ccc(-c3c[nH]c4ncnc(NC5CCC(N6CCOCC6)CC5)c34)cc2c1. The van der Waals surface area contributed by atoms with Gasteiger partial charge in [0.05, 0.1) is 24.1 Å². The Hall–Kier alpha value is -3.03. The minimum atomic E-state index is 0.439. The van der Waals surface area contributed by atoms with Crippen LogP contribution in [0.4, 0.5) is 5.82 Å². The third kappa shape index (κ3) is 3.72. The van der Waals surface area contributed by atoms with E-state index in [9.17, 15) is 0 Å². The van der Waals surface area contributed by atoms with Crippen LogP contribution < -0.4 is 5.32 Å². The van der Waals surface area contributed by atoms with Gasteiger partial charge in [-0.15, -0.1) is 0 Å². The zero-order chi connectivity index (χ0) is 21.3. The maximum atomic E-state index is 5.52. The summed E-state index contributed by atoms with van der Waals surface area (Å²) in [4.78, 5) is 19.5. The first-order chi connectivity index (χ1) is 15.8. The number of hydrogen-bond donors (Lipinski definition) is 2. The van der Waals surface area contributed by atoms with E-state index < -0.39 is 0 Å². The van der Waals surface area contributed by atoms with Crippen molar-refractivity contribution in [2.24, 2.45) is 0 Å². The average Bonchev–Trinajstić information content (AvgIpc) is 3.30. The van der Waals surface area contributed by atoms with E-state index in [0.717, 1.165) is 78.0 Å². The van der Waals surface area contributed by atoms with Gasteiger partial charge >= 0.3 is 0 Å². The van der Waals surface area contributed by atoms with Gasteiger partial charge in [0.1, 0.15) is 17.8 Å². The number of fused-ring (bicyclic) bond motifs is 2. The number of hydrogen-bond acceptors (Lipinski definition) is 6. The van der Waals surface area contributed by atoms with Crippen LogP contribution >= 0.6 is 0 Å². The maximum absolute atomic E-state index is 5.52. The Morgan fingerprint density at radius 1 is 1.00 bits per heavy atom. The molecule has 0 amide bonds. The second-order valence-electron chi connectivity index (χ2n) is 8.86. The van der Waals surface area contributed by atoms with Crippen molar-refractivity contribution >= 4 is 27.8 Å². The lowest BCUT2D eigenvalue weighted by atomic mass is 9.90. The Bertz CT molecular complexity index is 1220. The van der Waals surface area contributed by atoms with E-state index in [-0.39, 0.29) is 0 Å². The lowest BCUT2D eigenvalue weighted by Crippen LogP contribution is -2.46. The van der Waals surface area contributed by atoms with Crippen LogP contribution in [0.3, 0.4) is 0 Å². The molecule has 1 saturated heterocycles. The standard InChI is InChI=1S/C25H28N6O/c1-2-18-14-17(3-8-22(18)26-9-1)21-15-27-24-23(21)25(29-16-28-24)30-19-4-6-20(7-5-19)31-10-12-32-13-11-31/h1-3,8-9,14-16,19-20H,4-7,10-13H2,(H2,27,28,29,30). The molecule has 164 valence electrons. The van der Waals surface area contributed by atoms with Crippen molar-refractivity contribution in [3.8, 4) is 11.1 Å². The predicted molar refractivity (Wildman–Crippen MR) is 127 cm³/mol. The molecular weight excluding hydrogens is 400 g/mol. The van der Waals surface area contributed by atoms with Crippen molar-refractivity contribution in [1.82, 2.24) is 24.8 Å². The molecule has 0 spiro atoms. The summed E-state index contributed by atoms with van der Waals surface area (Å²) in [5.41, 5.74) is 4.13. The molecular formula is C25H28N6O. The van der Waals surface area contributed by atoms with Crippen molar-refractivity contribution < 1.29 is 4.74 Å². The summed E-state index contributed by atoms with van der Waals surface area (Å²) in [5.74, 6) is 0.923. The van der Waals surface area contributed by atoms with Gasteiger partial charge in [0, 0.05) is 48.5 Å². The van der Waals surface area contributed by atoms with Crippen molar-refractivity contribution in [3.63, 3.8) is 0 Å². The summed E-state index contributed by atoms with van der Waals surface area (Å²) in [6.07, 6.45) is 10.3. The van der Waals surface area contributed by atoms with Crippen molar-refractivity contribution in [2.75, 3.05) is 31.6 Å². The monoisotopic (exact) mass is 428 g/mol. The first-order valence-corrected chi connectivity index (χ1v) is 11.6. The number of pyridine rings is 1. The molecule has 1 aliphatic heterocycles. The molecule has 7 heteroatoms. The average molecular weight is 429 g/mol. The highest BCUT2D eigenvalue weighted by atomic mass is 16.5. The van der Waals surface area contributed by atoms with Crippen molar-refractivity contribution in [3.05, 3.63) is 49.1 Å². The topological polar surface area (TPSA) is 79.0 Å². The van der Waals surface area contributed by atoms with Crippen LogP contribution in [0.1, 0.15) is 25.7 Å². The summed E-state index contributed by atoms with van der Waals surface area (Å²) in [6.45, 7) is 3.89. The van der Waals surface area contributed by atoms with Crippen molar-refractivity contribution in [1.29, 1.82) is 0 Å². The van der Waals surface area contributed by atoms with E-state index in [1.54, 1.807) is 6.33 Å². The van der Waals surface area contributed by atoms with Crippen LogP contribution in [0.25, 0.3) is 33.1 Å². The van der Waals surface area contributed by atoms with E-state index in [1.807, 2.05) is 18.5 Å². The molecule has 4 heterocycles. The normalized spacial score (nSPS) is 22.4. The van der Waals surface area contributed by atoms with Crippen LogP contribution in [0, 0.1) is 0 Å². The number of nitrogens with zero attached hydrogens (tertiary/aromatic N) is 4. The number of nitrogens with one attached hydrogen (secondary N) is 2. The largest absolute Gasteiger partial charge is 0.379 e. The Morgan fingerprint density at radius 3 is 2.75 bits per heavy atom. The van der Waals surface area contributed by atoms with Crippen LogP contribution in [-0.2, 0) is 4.74 Å². The molecule has 0 unspecified atom stereocenters. The van der Waals surface area contributed by atoms with Gasteiger partial charge < -0.3 is 15.0 Å². The van der Waals surface area contributed by atoms with Crippen molar-refractivity contribution in [2.45, 2.75) is 37.8 Å². The fourth-order valence-corrected chi connectivity index (χ4v) is 5.26. The molecule has 0 bridgehead atoms. The van der Waals surface area contributed by atoms with Gasteiger partial charge in [-0.25, -0.2) is 9.97 Å². The minimum absolute atomic E-state index is 0.439. The lowest BCUT2D eigenvalue weighted by molar-refractivity contribution is 0.00791. The number of ether oxygens (including phenoxy) is 1. The summed E-state index contributed by atoms with van der Waals surface area (Å²) in [6, 6.07) is 11.6. The maximum Gasteiger partial charge on any atom is 0.143 e. The highest BCUT2D eigenvalue weighted by molar-refractivity contribution is 6.02. The second-order valence-corrected chi connectivity index (χ2v) is 8.86. The zero-order valence-electron chi connectivity index (χ0n) is 18.1. The minimum Gasteiger partial charge on any atom is -0.379 e. The van der Waals surface area contributed by atoms with E-state index >= 15 is 0 Å². The fourth-order valence-electron chi connectivity index (χ4n) is 5.26. The number of anilines is 1. The molecule has 1 saturated carbocycles. The third-order valence-corrected chi connectivity index (χ3v) is 6.98. The van der Waals surface area contributed by atoms with Crippen LogP contribution in [0.5, 0.6) is 0 Å². The number of aromatic nitrogens is 4. The summed E-state index contributed by atoms with van der Waals surface area (Å²) < 4.78 is 5.52. The first-order valence-electron chi connectivity index (χ1n) is 11.6. The van der Waals surface area contributed by atoms with Crippen LogP contribution in [0.15, 0.2) is 49.1 Å². The lowest BCUT2D eigenvalue weighted by Gasteiger charge is -2.39. The Balaban J connectivity index is 1.25. The molecule has 0 radical (unpaired) electrons. The van der Waals surface area contributed by atoms with Crippen LogP contribution in [-0.4, -0.2) is 63.2 Å². The van der Waals surface area contributed by atoms with E-state index in [0.29, 0.717) is 12.1 Å². The molecule has 3 aromatic heterocycles. The molecule has 2 fully saturated rings. The van der Waals surface area contributed by atoms with E-state index in [4.69, 9.17) is 4.74 Å². The highest BCUT2D eigenvalue weighted by Crippen LogP contribution is 2.34. The second kappa shape index (κ2) is 8.48. The molecule has 0 atom stereocenters. The van der Waals surface area contributed by atoms with Crippen LogP contribution in [0.2, 0.25) is 0 Å². The summed E-state index contributed by atoms with van der Waals surface area (Å²) in [7, 11) is 0. The third-order valence-electron chi connectivity index (χ3n) is 6.98. The number of morpholine rings is 1. The van der Waals surface area contributed by atoms with Gasteiger partial charge in [-0.3, -0.25) is 9.88 Å². The van der Waals surface area contributed by atoms with E-state index in [2.05, 4.69) is 54.4 Å². The molecule has 6 rings (SSSR count). The molecule has 2 N–H and O–H groups in total. The van der Waals surface area contributed by atoms with Gasteiger partial charge in [-0.2, -0.15) is 0 Å². The van der Waals surface area contributed by atoms with Gasteiger partial charge in [0.2, 0.25) is 0 Å². The zero-order valence-corrected chi connectivity index (χ0v) is 18.1. The molecule has 1 aromatic carbocycles. The summed E-state index contributed by atoms with van der Waals surface area (Å²) in [5, 5.41) is 5.95. The fraction of sp³-hybridized carbons (Fsp3) is 0.400. The predicted octanol–water partition coefficient (Wildman–Crippen LogP) is 4.23. The molecule has 4 aromatic rings. The first kappa shape index (κ1) is 19.6. The Morgan fingerprint density at radius 2 is 1.88 bits per heavy atom. The van der Waals surface area contributed by atoms with Gasteiger partial charge in [0.15, 0.2) is 0 Å². The molecule has 7 nitrogen and oxygen atoms in total. The van der Waals surface area contributed by atoms with Gasteiger partial charge in [-0.1, -0.05) is 12.1 Å². The number of aromatic amines is 1. The molecule has 1 aliphatic carbocycles. The smallest absolute Gasteiger partial charge is 0.143 e. The highest BCUT2D eigenvalue weighted by Gasteiger charge is 2.27. The van der Waals surface area contributed by atoms with Gasteiger partial charge in [0.25, 0.3) is 0 Å². The molecule has 2 aliphatic rings. The quantitative estimate of drug-likeness (QED) is 0.506. The Labute approximate surface area is 187 Å². The molecule has 32 heavy (non-hydrogen) atoms. The Kier molecular flexibility index (Phi) is 5.21. The number of benzene rings is 1. The van der Waals surface area contributed by atoms with Gasteiger partial charge in [-0.05, 0) is 49.4 Å². The summed E-state index contributed by atoms with van der Waals surface area (Å²) >= 11 is 0. The van der Waals surface area contributed by atoms with E-state index in [1.165, 1.54) is 12.8 Å². The number of rotatable bonds is 4. The number of H-pyrrole nitrogens is 1.